The van der Waals surface area contributed by atoms with E-state index >= 15 is 0 Å². The minimum Gasteiger partial charge on any atom is -0.378 e. The molecule has 1 N–H and O–H groups in total. The van der Waals surface area contributed by atoms with Crippen molar-refractivity contribution in [3.8, 4) is 5.69 Å². The summed E-state index contributed by atoms with van der Waals surface area (Å²) in [6.07, 6.45) is 3.68. The molecule has 0 radical (unpaired) electrons. The zero-order chi connectivity index (χ0) is 24.5. The van der Waals surface area contributed by atoms with Crippen molar-refractivity contribution in [1.82, 2.24) is 14.9 Å². The molecule has 8 nitrogen and oxygen atoms in total. The summed E-state index contributed by atoms with van der Waals surface area (Å²) in [7, 11) is 4.01. The van der Waals surface area contributed by atoms with Gasteiger partial charge in [-0.05, 0) is 66.8 Å². The average molecular weight is 485 g/mol. The molecular weight excluding hydrogens is 460 g/mol. The number of benzene rings is 2. The van der Waals surface area contributed by atoms with Crippen molar-refractivity contribution in [3.63, 3.8) is 0 Å². The molecule has 1 fully saturated rings. The molecule has 2 aromatic heterocycles. The van der Waals surface area contributed by atoms with E-state index in [4.69, 9.17) is 12.2 Å². The second-order valence-electron chi connectivity index (χ2n) is 8.49. The van der Waals surface area contributed by atoms with Crippen molar-refractivity contribution < 1.29 is 4.92 Å². The molecule has 1 saturated heterocycles. The van der Waals surface area contributed by atoms with Crippen LogP contribution in [0.4, 0.5) is 17.1 Å². The fourth-order valence-electron chi connectivity index (χ4n) is 4.47. The van der Waals surface area contributed by atoms with Crippen LogP contribution in [0.2, 0.25) is 0 Å². The third-order valence-corrected chi connectivity index (χ3v) is 6.46. The number of nitrogens with zero attached hydrogens (tertiary/aromatic N) is 5. The smallest absolute Gasteiger partial charge is 0.271 e. The molecule has 176 valence electrons. The van der Waals surface area contributed by atoms with E-state index in [9.17, 15) is 10.1 Å². The van der Waals surface area contributed by atoms with Crippen LogP contribution in [-0.4, -0.2) is 33.7 Å². The number of rotatable bonds is 6. The predicted molar refractivity (Wildman–Crippen MR) is 141 cm³/mol. The van der Waals surface area contributed by atoms with Crippen LogP contribution >= 0.6 is 12.2 Å². The van der Waals surface area contributed by atoms with Gasteiger partial charge in [-0.2, -0.15) is 0 Å². The number of nitro benzene ring substituents is 1. The van der Waals surface area contributed by atoms with Crippen molar-refractivity contribution in [2.75, 3.05) is 23.9 Å². The Balaban J connectivity index is 1.64. The molecule has 0 aliphatic carbocycles. The fourth-order valence-corrected chi connectivity index (χ4v) is 4.82. The summed E-state index contributed by atoms with van der Waals surface area (Å²) >= 11 is 5.83. The van der Waals surface area contributed by atoms with Crippen LogP contribution in [0.5, 0.6) is 0 Å². The van der Waals surface area contributed by atoms with Crippen molar-refractivity contribution in [2.24, 2.45) is 0 Å². The van der Waals surface area contributed by atoms with E-state index in [1.54, 1.807) is 18.3 Å². The summed E-state index contributed by atoms with van der Waals surface area (Å²) in [5, 5.41) is 15.5. The number of pyridine rings is 1. The second-order valence-corrected chi connectivity index (χ2v) is 8.87. The molecule has 0 unspecified atom stereocenters. The van der Waals surface area contributed by atoms with Gasteiger partial charge < -0.3 is 19.7 Å². The molecule has 2 aromatic carbocycles. The van der Waals surface area contributed by atoms with Crippen LogP contribution in [0, 0.1) is 10.1 Å². The van der Waals surface area contributed by atoms with Gasteiger partial charge in [-0.15, -0.1) is 0 Å². The highest BCUT2D eigenvalue weighted by molar-refractivity contribution is 7.80. The topological polar surface area (TPSA) is 79.5 Å². The molecular formula is C26H24N6O2S. The molecule has 4 aromatic rings. The van der Waals surface area contributed by atoms with Crippen LogP contribution < -0.4 is 15.1 Å². The van der Waals surface area contributed by atoms with Gasteiger partial charge in [0.25, 0.3) is 5.69 Å². The second kappa shape index (κ2) is 9.19. The van der Waals surface area contributed by atoms with Crippen molar-refractivity contribution in [2.45, 2.75) is 12.1 Å². The molecule has 1 aliphatic rings. The molecule has 35 heavy (non-hydrogen) atoms. The maximum atomic E-state index is 11.4. The molecule has 0 saturated carbocycles. The predicted octanol–water partition coefficient (Wildman–Crippen LogP) is 5.02. The lowest BCUT2D eigenvalue weighted by atomic mass is 10.0. The molecule has 5 rings (SSSR count). The molecule has 0 bridgehead atoms. The maximum Gasteiger partial charge on any atom is 0.271 e. The molecule has 2 atom stereocenters. The normalized spacial score (nSPS) is 17.3. The lowest BCUT2D eigenvalue weighted by Gasteiger charge is -2.29. The average Bonchev–Trinajstić information content (AvgIpc) is 3.49. The zero-order valence-electron chi connectivity index (χ0n) is 19.3. The largest absolute Gasteiger partial charge is 0.378 e. The van der Waals surface area contributed by atoms with Crippen molar-refractivity contribution in [3.05, 3.63) is 113 Å². The lowest BCUT2D eigenvalue weighted by Crippen LogP contribution is -2.30. The first-order valence-electron chi connectivity index (χ1n) is 11.1. The lowest BCUT2D eigenvalue weighted by molar-refractivity contribution is -0.384. The van der Waals surface area contributed by atoms with Crippen LogP contribution in [0.1, 0.15) is 23.5 Å². The van der Waals surface area contributed by atoms with E-state index < -0.39 is 0 Å². The minimum atomic E-state index is -0.381. The minimum absolute atomic E-state index is 0.0413. The SMILES string of the molecule is CN(C)c1ccc(N2C(=S)N[C@H](c3ccccn3)[C@H]2c2cccn2-c2cccc([N+](=O)[O-])c2)cc1. The van der Waals surface area contributed by atoms with Crippen molar-refractivity contribution >= 4 is 34.4 Å². The molecule has 0 amide bonds. The molecule has 3 heterocycles. The first-order chi connectivity index (χ1) is 16.9. The van der Waals surface area contributed by atoms with Gasteiger partial charge in [0, 0.05) is 55.7 Å². The van der Waals surface area contributed by atoms with Gasteiger partial charge in [-0.1, -0.05) is 12.1 Å². The Kier molecular flexibility index (Phi) is 5.92. The van der Waals surface area contributed by atoms with E-state index in [-0.39, 0.29) is 22.7 Å². The van der Waals surface area contributed by atoms with Gasteiger partial charge in [0.2, 0.25) is 0 Å². The van der Waals surface area contributed by atoms with Gasteiger partial charge in [0.1, 0.15) is 6.04 Å². The maximum absolute atomic E-state index is 11.4. The Hall–Kier alpha value is -4.24. The fraction of sp³-hybridized carbons (Fsp3) is 0.154. The summed E-state index contributed by atoms with van der Waals surface area (Å²) in [6.45, 7) is 0. The number of non-ortho nitro benzene ring substituents is 1. The van der Waals surface area contributed by atoms with Gasteiger partial charge in [-0.25, -0.2) is 0 Å². The number of nitro groups is 1. The van der Waals surface area contributed by atoms with E-state index in [1.165, 1.54) is 6.07 Å². The van der Waals surface area contributed by atoms with Gasteiger partial charge in [-0.3, -0.25) is 15.1 Å². The highest BCUT2D eigenvalue weighted by atomic mass is 32.1. The molecule has 0 spiro atoms. The summed E-state index contributed by atoms with van der Waals surface area (Å²) in [6, 6.07) is 24.2. The zero-order valence-corrected chi connectivity index (χ0v) is 20.1. The Bertz CT molecular complexity index is 1370. The van der Waals surface area contributed by atoms with Gasteiger partial charge in [0.05, 0.1) is 22.3 Å². The van der Waals surface area contributed by atoms with Gasteiger partial charge >= 0.3 is 0 Å². The van der Waals surface area contributed by atoms with Crippen LogP contribution in [-0.2, 0) is 0 Å². The van der Waals surface area contributed by atoms with E-state index in [1.807, 2.05) is 66.2 Å². The summed E-state index contributed by atoms with van der Waals surface area (Å²) in [5.74, 6) is 0. The molecule has 9 heteroatoms. The van der Waals surface area contributed by atoms with E-state index in [0.29, 0.717) is 10.8 Å². The summed E-state index contributed by atoms with van der Waals surface area (Å²) in [4.78, 5) is 19.8. The standard InChI is InChI=1S/C26H24N6O2S/c1-29(2)18-11-13-19(14-12-18)31-25(24(28-26(31)35)22-9-3-4-15-27-22)23-10-6-16-30(23)20-7-5-8-21(17-20)32(33)34/h3-17,24-25H,1-2H3,(H,28,35)/t24-,25-/m1/s1. The number of nitrogens with one attached hydrogen (secondary N) is 1. The first-order valence-corrected chi connectivity index (χ1v) is 11.5. The highest BCUT2D eigenvalue weighted by Crippen LogP contribution is 2.42. The number of thiocarbonyl (C=S) groups is 1. The van der Waals surface area contributed by atoms with E-state index in [2.05, 4.69) is 39.5 Å². The van der Waals surface area contributed by atoms with Gasteiger partial charge in [0.15, 0.2) is 5.11 Å². The third kappa shape index (κ3) is 4.22. The van der Waals surface area contributed by atoms with Crippen LogP contribution in [0.25, 0.3) is 5.69 Å². The highest BCUT2D eigenvalue weighted by Gasteiger charge is 2.42. The Morgan fingerprint density at radius 1 is 1.00 bits per heavy atom. The third-order valence-electron chi connectivity index (χ3n) is 6.14. The van der Waals surface area contributed by atoms with Crippen LogP contribution in [0.15, 0.2) is 91.3 Å². The number of aromatic nitrogens is 2. The number of hydrogen-bond acceptors (Lipinski definition) is 5. The Labute approximate surface area is 208 Å². The first kappa shape index (κ1) is 22.5. The summed E-state index contributed by atoms with van der Waals surface area (Å²) < 4.78 is 1.98. The van der Waals surface area contributed by atoms with Crippen molar-refractivity contribution in [1.29, 1.82) is 0 Å². The quantitative estimate of drug-likeness (QED) is 0.234. The Morgan fingerprint density at radius 2 is 1.80 bits per heavy atom. The molecule has 1 aliphatic heterocycles. The van der Waals surface area contributed by atoms with E-state index in [0.717, 1.165) is 22.8 Å². The number of hydrogen-bond donors (Lipinski definition) is 1. The summed E-state index contributed by atoms with van der Waals surface area (Å²) in [5.41, 5.74) is 4.58. The Morgan fingerprint density at radius 3 is 2.49 bits per heavy atom. The number of anilines is 2. The monoisotopic (exact) mass is 484 g/mol. The van der Waals surface area contributed by atoms with Crippen LogP contribution in [0.3, 0.4) is 0 Å².